The average Bonchev–Trinajstić information content (AvgIpc) is 2.42. The topological polar surface area (TPSA) is 98.3 Å². The van der Waals surface area contributed by atoms with Crippen LogP contribution in [-0.2, 0) is 4.79 Å². The number of carboxylic acids is 1. The molecule has 1 atom stereocenters. The molecule has 1 aromatic rings. The second-order valence-electron chi connectivity index (χ2n) is 4.88. The largest absolute Gasteiger partial charge is 0.480 e. The van der Waals surface area contributed by atoms with Crippen molar-refractivity contribution in [3.8, 4) is 0 Å². The van der Waals surface area contributed by atoms with Gasteiger partial charge in [0, 0.05) is 19.6 Å². The molecule has 20 heavy (non-hydrogen) atoms. The van der Waals surface area contributed by atoms with E-state index in [0.29, 0.717) is 18.2 Å². The zero-order valence-electron chi connectivity index (χ0n) is 10.9. The van der Waals surface area contributed by atoms with Crippen LogP contribution in [0.3, 0.4) is 0 Å². The van der Waals surface area contributed by atoms with Gasteiger partial charge < -0.3 is 15.3 Å². The molecule has 1 aliphatic heterocycles. The highest BCUT2D eigenvalue weighted by Gasteiger charge is 2.22. The Morgan fingerprint density at radius 2 is 2.45 bits per heavy atom. The third-order valence-corrected chi connectivity index (χ3v) is 3.71. The Bertz CT molecular complexity index is 534. The van der Waals surface area contributed by atoms with Crippen LogP contribution in [0, 0.1) is 5.92 Å². The molecule has 3 N–H and O–H groups in total. The van der Waals surface area contributed by atoms with Crippen LogP contribution in [0.5, 0.6) is 0 Å². The fourth-order valence-corrected chi connectivity index (χ4v) is 2.64. The van der Waals surface area contributed by atoms with Gasteiger partial charge in [-0.2, -0.15) is 5.10 Å². The van der Waals surface area contributed by atoms with Crippen molar-refractivity contribution in [2.75, 3.05) is 31.1 Å². The SMILES string of the molecule is O=C(O)CNCC1CCCN(c2cn[nH]c(=O)c2Cl)C1. The number of nitrogens with one attached hydrogen (secondary N) is 2. The van der Waals surface area contributed by atoms with E-state index in [2.05, 4.69) is 15.5 Å². The van der Waals surface area contributed by atoms with Crippen LogP contribution in [0.4, 0.5) is 5.69 Å². The lowest BCUT2D eigenvalue weighted by Gasteiger charge is -2.34. The number of hydrogen-bond acceptors (Lipinski definition) is 5. The van der Waals surface area contributed by atoms with Gasteiger partial charge in [0.25, 0.3) is 5.56 Å². The van der Waals surface area contributed by atoms with Crippen molar-refractivity contribution < 1.29 is 9.90 Å². The summed E-state index contributed by atoms with van der Waals surface area (Å²) >= 11 is 6.00. The lowest BCUT2D eigenvalue weighted by molar-refractivity contribution is -0.136. The molecule has 0 aliphatic carbocycles. The lowest BCUT2D eigenvalue weighted by Crippen LogP contribution is -2.41. The summed E-state index contributed by atoms with van der Waals surface area (Å²) < 4.78 is 0. The van der Waals surface area contributed by atoms with Crippen LogP contribution in [0.2, 0.25) is 5.02 Å². The molecule has 1 aliphatic rings. The fraction of sp³-hybridized carbons (Fsp3) is 0.583. The van der Waals surface area contributed by atoms with Crippen molar-refractivity contribution in [3.05, 3.63) is 21.6 Å². The summed E-state index contributed by atoms with van der Waals surface area (Å²) in [6, 6.07) is 0. The molecule has 1 fully saturated rings. The third-order valence-electron chi connectivity index (χ3n) is 3.35. The summed E-state index contributed by atoms with van der Waals surface area (Å²) in [5, 5.41) is 17.7. The second-order valence-corrected chi connectivity index (χ2v) is 5.26. The van der Waals surface area contributed by atoms with Gasteiger partial charge in [-0.15, -0.1) is 0 Å². The number of halogens is 1. The van der Waals surface area contributed by atoms with E-state index in [1.807, 2.05) is 4.90 Å². The highest BCUT2D eigenvalue weighted by Crippen LogP contribution is 2.26. The summed E-state index contributed by atoms with van der Waals surface area (Å²) in [6.45, 7) is 2.15. The number of carboxylic acid groups (broad SMARTS) is 1. The second kappa shape index (κ2) is 6.71. The maximum atomic E-state index is 11.5. The molecule has 2 heterocycles. The van der Waals surface area contributed by atoms with Gasteiger partial charge in [0.2, 0.25) is 0 Å². The number of anilines is 1. The maximum absolute atomic E-state index is 11.5. The zero-order valence-corrected chi connectivity index (χ0v) is 11.7. The first-order chi connectivity index (χ1) is 9.58. The molecule has 110 valence electrons. The van der Waals surface area contributed by atoms with Crippen molar-refractivity contribution in [3.63, 3.8) is 0 Å². The van der Waals surface area contributed by atoms with Crippen LogP contribution in [-0.4, -0.2) is 47.5 Å². The van der Waals surface area contributed by atoms with Gasteiger partial charge in [0.05, 0.1) is 18.4 Å². The van der Waals surface area contributed by atoms with Gasteiger partial charge in [0.1, 0.15) is 5.02 Å². The highest BCUT2D eigenvalue weighted by atomic mass is 35.5. The molecule has 2 rings (SSSR count). The Hall–Kier alpha value is -1.60. The van der Waals surface area contributed by atoms with E-state index in [0.717, 1.165) is 25.9 Å². The van der Waals surface area contributed by atoms with Crippen molar-refractivity contribution in [2.45, 2.75) is 12.8 Å². The number of piperidine rings is 1. The third kappa shape index (κ3) is 3.71. The van der Waals surface area contributed by atoms with E-state index < -0.39 is 11.5 Å². The number of rotatable bonds is 5. The number of aromatic nitrogens is 2. The van der Waals surface area contributed by atoms with E-state index in [1.54, 1.807) is 6.20 Å². The number of nitrogens with zero attached hydrogens (tertiary/aromatic N) is 2. The highest BCUT2D eigenvalue weighted by molar-refractivity contribution is 6.32. The zero-order chi connectivity index (χ0) is 14.5. The Labute approximate surface area is 120 Å². The van der Waals surface area contributed by atoms with E-state index in [4.69, 9.17) is 16.7 Å². The Kier molecular flexibility index (Phi) is 4.97. The van der Waals surface area contributed by atoms with Crippen LogP contribution in [0.1, 0.15) is 12.8 Å². The van der Waals surface area contributed by atoms with Crippen LogP contribution in [0.15, 0.2) is 11.0 Å². The van der Waals surface area contributed by atoms with E-state index >= 15 is 0 Å². The van der Waals surface area contributed by atoms with E-state index in [9.17, 15) is 9.59 Å². The summed E-state index contributed by atoms with van der Waals surface area (Å²) in [4.78, 5) is 24.0. The Balaban J connectivity index is 1.98. The molecule has 8 heteroatoms. The molecule has 0 radical (unpaired) electrons. The van der Waals surface area contributed by atoms with Crippen molar-refractivity contribution >= 4 is 23.3 Å². The van der Waals surface area contributed by atoms with Crippen LogP contribution < -0.4 is 15.8 Å². The first-order valence-electron chi connectivity index (χ1n) is 6.48. The Morgan fingerprint density at radius 1 is 1.65 bits per heavy atom. The number of carbonyl (C=O) groups is 1. The number of H-pyrrole nitrogens is 1. The van der Waals surface area contributed by atoms with Gasteiger partial charge in [-0.05, 0) is 18.8 Å². The molecule has 1 aromatic heterocycles. The lowest BCUT2D eigenvalue weighted by atomic mass is 9.97. The maximum Gasteiger partial charge on any atom is 0.317 e. The minimum atomic E-state index is -0.862. The monoisotopic (exact) mass is 300 g/mol. The van der Waals surface area contributed by atoms with Gasteiger partial charge in [-0.25, -0.2) is 5.10 Å². The van der Waals surface area contributed by atoms with Gasteiger partial charge >= 0.3 is 5.97 Å². The minimum absolute atomic E-state index is 0.0379. The van der Waals surface area contributed by atoms with E-state index in [-0.39, 0.29) is 11.6 Å². The molecule has 0 spiro atoms. The first-order valence-corrected chi connectivity index (χ1v) is 6.86. The van der Waals surface area contributed by atoms with Crippen LogP contribution in [0.25, 0.3) is 0 Å². The summed E-state index contributed by atoms with van der Waals surface area (Å²) in [5.74, 6) is -0.530. The van der Waals surface area contributed by atoms with E-state index in [1.165, 1.54) is 0 Å². The summed E-state index contributed by atoms with van der Waals surface area (Å²) in [6.07, 6.45) is 3.55. The summed E-state index contributed by atoms with van der Waals surface area (Å²) in [5.41, 5.74) is 0.244. The predicted molar refractivity (Wildman–Crippen MR) is 75.3 cm³/mol. The van der Waals surface area contributed by atoms with Crippen molar-refractivity contribution in [2.24, 2.45) is 5.92 Å². The summed E-state index contributed by atoms with van der Waals surface area (Å²) in [7, 11) is 0. The number of aromatic amines is 1. The first kappa shape index (κ1) is 14.8. The fourth-order valence-electron chi connectivity index (χ4n) is 2.43. The van der Waals surface area contributed by atoms with Gasteiger partial charge in [-0.3, -0.25) is 9.59 Å². The normalized spacial score (nSPS) is 19.1. The van der Waals surface area contributed by atoms with Gasteiger partial charge in [0.15, 0.2) is 0 Å². The quantitative estimate of drug-likeness (QED) is 0.724. The molecule has 0 amide bonds. The Morgan fingerprint density at radius 3 is 3.20 bits per heavy atom. The number of aliphatic carboxylic acids is 1. The molecule has 0 bridgehead atoms. The molecule has 0 aromatic carbocycles. The number of hydrogen-bond donors (Lipinski definition) is 3. The van der Waals surface area contributed by atoms with Crippen molar-refractivity contribution in [1.29, 1.82) is 0 Å². The molecule has 0 saturated carbocycles. The molecule has 1 unspecified atom stereocenters. The van der Waals surface area contributed by atoms with Crippen LogP contribution >= 0.6 is 11.6 Å². The molecule has 1 saturated heterocycles. The van der Waals surface area contributed by atoms with Crippen molar-refractivity contribution in [1.82, 2.24) is 15.5 Å². The molecule has 7 nitrogen and oxygen atoms in total. The predicted octanol–water partition coefficient (Wildman–Crippen LogP) is 0.314. The standard InChI is InChI=1S/C12H17ClN4O3/c13-11-9(5-15-16-12(11)20)17-3-1-2-8(7-17)4-14-6-10(18)19/h5,8,14H,1-4,6-7H2,(H,16,20)(H,18,19). The minimum Gasteiger partial charge on any atom is -0.480 e. The molecular weight excluding hydrogens is 284 g/mol. The smallest absolute Gasteiger partial charge is 0.317 e. The molecular formula is C12H17ClN4O3. The van der Waals surface area contributed by atoms with Gasteiger partial charge in [-0.1, -0.05) is 11.6 Å². The average molecular weight is 301 g/mol.